The number of nitrogens with one attached hydrogen (secondary N) is 1. The van der Waals surface area contributed by atoms with Crippen LogP contribution in [-0.4, -0.2) is 189 Å². The lowest BCUT2D eigenvalue weighted by Gasteiger charge is -2.27. The summed E-state index contributed by atoms with van der Waals surface area (Å²) in [5.41, 5.74) is -20.2. The van der Waals surface area contributed by atoms with Gasteiger partial charge < -0.3 is 43.6 Å². The summed E-state index contributed by atoms with van der Waals surface area (Å²) >= 11 is 11.2. The molecule has 0 radical (unpaired) electrons. The van der Waals surface area contributed by atoms with Gasteiger partial charge >= 0.3 is 85.3 Å². The van der Waals surface area contributed by atoms with Crippen molar-refractivity contribution in [3.8, 4) is 16.1 Å². The van der Waals surface area contributed by atoms with Crippen LogP contribution < -0.4 is 22.5 Å². The number of hydrogen-bond acceptors (Lipinski definition) is 31. The molecule has 0 bridgehead atoms. The van der Waals surface area contributed by atoms with Crippen molar-refractivity contribution in [1.29, 1.82) is 5.26 Å². The fraction of sp³-hybridized carbons (Fsp3) is 0.348. The number of rotatable bonds is 27. The zero-order valence-electron chi connectivity index (χ0n) is 80.6. The molecule has 0 aliphatic carbocycles. The van der Waals surface area contributed by atoms with Crippen molar-refractivity contribution >= 4 is 198 Å². The number of aliphatic hydroxyl groups is 2. The molecule has 6 aromatic carbocycles. The van der Waals surface area contributed by atoms with E-state index in [0.29, 0.717) is 74.7 Å². The fourth-order valence-corrected chi connectivity index (χ4v) is 20.8. The number of esters is 2. The highest BCUT2D eigenvalue weighted by molar-refractivity contribution is 14.2. The second-order valence-electron chi connectivity index (χ2n) is 33.0. The molecule has 35 nitrogen and oxygen atoms in total. The van der Waals surface area contributed by atoms with Crippen LogP contribution in [0.2, 0.25) is 0 Å². The van der Waals surface area contributed by atoms with Gasteiger partial charge in [-0.3, -0.25) is 28.1 Å². The Morgan fingerprint density at radius 2 is 0.946 bits per heavy atom. The number of epoxide rings is 1. The summed E-state index contributed by atoms with van der Waals surface area (Å²) in [5.74, 6) is -2.84. The monoisotopic (exact) mass is 2610 g/mol. The van der Waals surface area contributed by atoms with Crippen molar-refractivity contribution in [2.45, 2.75) is 167 Å². The van der Waals surface area contributed by atoms with E-state index < -0.39 is 138 Å². The Kier molecular flexibility index (Phi) is 48.4. The highest BCUT2D eigenvalue weighted by Gasteiger charge is 2.62. The van der Waals surface area contributed by atoms with Crippen LogP contribution in [-0.2, 0) is 110 Å². The summed E-state index contributed by atoms with van der Waals surface area (Å²) in [6.45, 7) is 23.9. The molecule has 3 unspecified atom stereocenters. The zero-order valence-corrected chi connectivity index (χ0v) is 95.1. The molecular formula is C89H94AlBr4F13IN11O24S6. The minimum Gasteiger partial charge on any atom is -0.459 e. The van der Waals surface area contributed by atoms with E-state index in [1.807, 2.05) is 110 Å². The van der Waals surface area contributed by atoms with E-state index in [1.165, 1.54) is 150 Å². The number of aromatic amines is 1. The number of aromatic nitrogens is 10. The molecule has 0 spiro atoms. The van der Waals surface area contributed by atoms with E-state index in [0.717, 1.165) is 34.8 Å². The van der Waals surface area contributed by atoms with Crippen molar-refractivity contribution in [1.82, 2.24) is 48.7 Å². The number of aryl methyl sites for hydroxylation is 2. The number of benzene rings is 6. The molecule has 1 saturated heterocycles. The predicted molar refractivity (Wildman–Crippen MR) is 550 cm³/mol. The van der Waals surface area contributed by atoms with Crippen LogP contribution in [0.25, 0.3) is 30.4 Å². The van der Waals surface area contributed by atoms with Gasteiger partial charge in [-0.05, 0) is 191 Å². The van der Waals surface area contributed by atoms with Gasteiger partial charge in [0.1, 0.15) is 85.5 Å². The quantitative estimate of drug-likeness (QED) is 0.00495. The van der Waals surface area contributed by atoms with E-state index >= 15 is 0 Å². The maximum atomic E-state index is 14.4. The van der Waals surface area contributed by atoms with Gasteiger partial charge in [-0.15, -0.1) is 9.59 Å². The van der Waals surface area contributed by atoms with Gasteiger partial charge in [0.05, 0.1) is 73.6 Å². The number of halogens is 18. The standard InChI is InChI=1S/C31H31BrFN5O5S.C20H19N5O4S.C11H14BrFO2.C8H6BrFO.C7H4BrFO.C3H9IOS.C3H3N.C3H8O.3CHF3O3S.Al/c1-18(2)43-24(22-15-21(33)11-12-23(22)32)16-36-28-25(19(3)27(44-28)38-34-13-14-35-38)26(39)37(30(36)41)31(4,5)29(40)42-17-20-9-7-6-8-10-20;1-12-14-15(30-17(12)25-21-9-10-22-25)23-19(28)24(16(14)26)20(2,3)18(27)29-11-13-7-5-4-6-8-13;1-7(2)15-11(6-14)9-5-8(13)3-4-10(9)12;9-7-2-1-5(10)3-6(7)8-4-11-8;8-7-2-1-6(9)3-5(7)4-10;1-6(2,3,4)5;1-2-3-4;1-3(2)4;3*2-1(3,4)8(5,6)7;/h6-15,18,24H,16-17H2,1-5H3;4-10H,11H2,1-3H3,(H,23,28);3-5,7,11,14H,6H2,1-2H3;1-3,8H,4H2;1-4H;1-3H3;2H,1H2;3-4H,1-2H3;3*(H,5,6,7);/q;;;;;;;;;;;+3/p-3. The van der Waals surface area contributed by atoms with Crippen LogP contribution in [0.1, 0.15) is 137 Å². The molecule has 6 aromatic heterocycles. The van der Waals surface area contributed by atoms with Crippen molar-refractivity contribution in [2.75, 3.05) is 32.0 Å². The van der Waals surface area contributed by atoms with Crippen molar-refractivity contribution in [2.24, 2.45) is 0 Å². The normalized spacial score (nSPS) is 13.3. The second kappa shape index (κ2) is 55.5. The van der Waals surface area contributed by atoms with Crippen LogP contribution >= 0.6 is 108 Å². The lowest BCUT2D eigenvalue weighted by molar-refractivity contribution is -0.155. The minimum atomic E-state index is -7.08. The molecule has 3 atom stereocenters. The van der Waals surface area contributed by atoms with E-state index in [2.05, 4.69) is 105 Å². The topological polar surface area (TPSA) is 472 Å². The first-order chi connectivity index (χ1) is 68.7. The third-order valence-corrected chi connectivity index (χ3v) is 30.1. The Labute approximate surface area is 901 Å². The Morgan fingerprint density at radius 1 is 0.597 bits per heavy atom. The third kappa shape index (κ3) is 39.3. The number of fused-ring (bicyclic) bond motifs is 2. The number of thiophene rings is 2. The van der Waals surface area contributed by atoms with Crippen molar-refractivity contribution in [3.05, 3.63) is 298 Å². The van der Waals surface area contributed by atoms with E-state index in [4.69, 9.17) is 34.1 Å². The molecule has 814 valence electrons. The molecular weight excluding hydrogens is 2520 g/mol. The molecule has 12 aromatic rings. The van der Waals surface area contributed by atoms with Gasteiger partial charge in [-0.1, -0.05) is 160 Å². The van der Waals surface area contributed by atoms with E-state index in [9.17, 15) is 125 Å². The number of nitrogens with zero attached hydrogens (tertiary/aromatic N) is 10. The van der Waals surface area contributed by atoms with Crippen LogP contribution in [0.5, 0.6) is 0 Å². The smallest absolute Gasteiger partial charge is 0.459 e. The molecule has 3 N–H and O–H groups in total. The van der Waals surface area contributed by atoms with Crippen molar-refractivity contribution < 1.29 is 145 Å². The second-order valence-corrected chi connectivity index (χ2v) is 58.9. The Morgan fingerprint density at radius 3 is 1.32 bits per heavy atom. The first kappa shape index (κ1) is 130. The zero-order chi connectivity index (χ0) is 113. The Bertz CT molecular complexity index is 7250. The van der Waals surface area contributed by atoms with Crippen LogP contribution in [0.4, 0.5) is 57.1 Å². The number of nitriles is 1. The number of H-pyrrole nitrogens is 1. The average Bonchev–Trinajstić information content (AvgIpc) is 1.63. The lowest BCUT2D eigenvalue weighted by Crippen LogP contribution is -2.53. The molecule has 1 aliphatic heterocycles. The van der Waals surface area contributed by atoms with Crippen LogP contribution in [0.3, 0.4) is 0 Å². The predicted octanol–water partition coefficient (Wildman–Crippen LogP) is 18.6. The molecule has 0 saturated carbocycles. The Hall–Kier alpha value is -9.33. The molecule has 7 heterocycles. The molecule has 60 heteroatoms. The maximum Gasteiger partial charge on any atom is 0.952 e. The molecule has 1 aliphatic rings. The summed E-state index contributed by atoms with van der Waals surface area (Å²) in [4.78, 5) is 97.3. The number of hydrogen-bond donors (Lipinski definition) is 3. The summed E-state index contributed by atoms with van der Waals surface area (Å²) in [7, 11) is -21.3. The van der Waals surface area contributed by atoms with Crippen LogP contribution in [0.15, 0.2) is 208 Å². The largest absolute Gasteiger partial charge is 0.952 e. The number of aliphatic hydroxyl groups excluding tert-OH is 2. The number of aldehydes is 1. The number of carbonyl (C=O) groups is 3. The van der Waals surface area contributed by atoms with E-state index in [-0.39, 0.29) is 67.8 Å². The van der Waals surface area contributed by atoms with E-state index in [1.54, 1.807) is 70.7 Å². The lowest BCUT2D eigenvalue weighted by atomic mass is 10.0. The number of alkyl halides is 9. The first-order valence-electron chi connectivity index (χ1n) is 42.2. The number of carbonyl (C=O) groups excluding carboxylic acids is 3. The van der Waals surface area contributed by atoms with Gasteiger partial charge in [0.25, 0.3) is 11.1 Å². The highest BCUT2D eigenvalue weighted by Crippen LogP contribution is 2.40. The summed E-state index contributed by atoms with van der Waals surface area (Å²) in [6, 6.07) is 37.2. The summed E-state index contributed by atoms with van der Waals surface area (Å²) in [5, 5.41) is 43.0. The summed E-state index contributed by atoms with van der Waals surface area (Å²) < 4.78 is 276. The van der Waals surface area contributed by atoms with Gasteiger partial charge in [0, 0.05) is 79.1 Å². The van der Waals surface area contributed by atoms with Crippen LogP contribution in [0, 0.1) is 48.4 Å². The Balaban J connectivity index is 0.000000325. The minimum absolute atomic E-state index is 0.0164. The maximum absolute atomic E-state index is 14.4. The van der Waals surface area contributed by atoms with Gasteiger partial charge in [-0.2, -0.15) is 90.4 Å². The summed E-state index contributed by atoms with van der Waals surface area (Å²) in [6.07, 6.45) is 9.32. The first-order valence-corrected chi connectivity index (χ1v) is 58.4. The van der Waals surface area contributed by atoms with Gasteiger partial charge in [0.2, 0.25) is 0 Å². The highest BCUT2D eigenvalue weighted by atomic mass is 127. The number of ether oxygens (including phenoxy) is 5. The van der Waals surface area contributed by atoms with Gasteiger partial charge in [-0.25, -0.2) is 45.9 Å². The molecule has 1 fully saturated rings. The average molecular weight is 2610 g/mol. The molecule has 13 rings (SSSR count). The molecule has 149 heavy (non-hydrogen) atoms. The SMILES string of the molecule is C=CC#N.CC(C)O.CC(C)OC(CO)c1cc(F)ccc1Br.CS(C)(C)(=O)I.Cc1c(-n2nccn2)sc2[nH]c(=O)n(C(C)(C)C(=O)OCc3ccccc3)c(=O)c12.Cc1c(-n2nccn2)sc2c1c(=O)n(C(C)(C)C(=O)OCc1ccccc1)c(=O)n2CC(OC(C)C)c1cc(F)ccc1Br.Fc1ccc(Br)c(C2CO2)c1.O=Cc1cc(F)ccc1Br.O=S(=O)([O][Al]([O]S(=O)(=O)C(F)(F)F)[O]S(=O)(=O)C(F)(F)F)C(F)(F)F. The number of allylic oxidation sites excluding steroid dienone is 1. The molecule has 0 amide bonds. The third-order valence-electron chi connectivity index (χ3n) is 18.2. The fourth-order valence-electron chi connectivity index (χ4n) is 11.6. The van der Waals surface area contributed by atoms with Crippen molar-refractivity contribution in [3.63, 3.8) is 0 Å². The van der Waals surface area contributed by atoms with Gasteiger partial charge in [0.15, 0.2) is 6.29 Å².